The van der Waals surface area contributed by atoms with Crippen LogP contribution in [0.5, 0.6) is 0 Å². The van der Waals surface area contributed by atoms with Gasteiger partial charge in [0.2, 0.25) is 0 Å². The van der Waals surface area contributed by atoms with E-state index in [1.165, 1.54) is 18.2 Å². The van der Waals surface area contributed by atoms with Crippen LogP contribution >= 0.6 is 0 Å². The zero-order chi connectivity index (χ0) is 11.6. The first kappa shape index (κ1) is 11.7. The van der Waals surface area contributed by atoms with Gasteiger partial charge in [0.15, 0.2) is 0 Å². The molecule has 1 unspecified atom stereocenters. The molecule has 1 atom stereocenters. The summed E-state index contributed by atoms with van der Waals surface area (Å²) in [5.41, 5.74) is 0.514. The number of benzene rings is 1. The van der Waals surface area contributed by atoms with Gasteiger partial charge in [-0.2, -0.15) is 0 Å². The third-order valence-electron chi connectivity index (χ3n) is 2.47. The molecular formula is C11H14FNO2. The Morgan fingerprint density at radius 1 is 1.47 bits per heavy atom. The zero-order valence-electron chi connectivity index (χ0n) is 8.99. The molecule has 1 N–H and O–H groups in total. The van der Waals surface area contributed by atoms with E-state index in [0.717, 1.165) is 0 Å². The second kappa shape index (κ2) is 4.40. The average molecular weight is 211 g/mol. The molecule has 0 aliphatic rings. The summed E-state index contributed by atoms with van der Waals surface area (Å²) in [4.78, 5) is 12.5. The Labute approximate surface area is 88.1 Å². The van der Waals surface area contributed by atoms with Crippen LogP contribution in [0, 0.1) is 5.82 Å². The highest BCUT2D eigenvalue weighted by Gasteiger charge is 2.15. The number of aromatic carboxylic acids is 1. The highest BCUT2D eigenvalue weighted by atomic mass is 19.1. The van der Waals surface area contributed by atoms with Gasteiger partial charge in [-0.25, -0.2) is 9.18 Å². The predicted molar refractivity (Wildman–Crippen MR) is 55.5 cm³/mol. The van der Waals surface area contributed by atoms with Crippen LogP contribution in [0.3, 0.4) is 0 Å². The van der Waals surface area contributed by atoms with Gasteiger partial charge in [0.05, 0.1) is 5.56 Å². The van der Waals surface area contributed by atoms with Gasteiger partial charge in [-0.1, -0.05) is 0 Å². The van der Waals surface area contributed by atoms with E-state index < -0.39 is 5.97 Å². The van der Waals surface area contributed by atoms with E-state index in [2.05, 4.69) is 0 Å². The highest BCUT2D eigenvalue weighted by molar-refractivity contribution is 5.87. The molecule has 0 radical (unpaired) electrons. The van der Waals surface area contributed by atoms with Gasteiger partial charge < -0.3 is 10.0 Å². The van der Waals surface area contributed by atoms with E-state index in [9.17, 15) is 9.18 Å². The lowest BCUT2D eigenvalue weighted by molar-refractivity contribution is 0.0696. The highest BCUT2D eigenvalue weighted by Crippen LogP contribution is 2.21. The van der Waals surface area contributed by atoms with E-state index in [-0.39, 0.29) is 17.4 Å². The van der Waals surface area contributed by atoms with Crippen LogP contribution in [0.4, 0.5) is 4.39 Å². The van der Waals surface area contributed by atoms with E-state index in [1.807, 2.05) is 25.9 Å². The van der Waals surface area contributed by atoms with Gasteiger partial charge in [0, 0.05) is 11.6 Å². The number of carboxylic acid groups (broad SMARTS) is 1. The minimum absolute atomic E-state index is 0.111. The summed E-state index contributed by atoms with van der Waals surface area (Å²) in [5, 5.41) is 8.78. The van der Waals surface area contributed by atoms with Gasteiger partial charge in [-0.15, -0.1) is 0 Å². The Morgan fingerprint density at radius 3 is 2.53 bits per heavy atom. The van der Waals surface area contributed by atoms with Gasteiger partial charge in [0.25, 0.3) is 0 Å². The SMILES string of the molecule is CC(c1cc(C(=O)O)ccc1F)N(C)C. The molecule has 1 rings (SSSR count). The standard InChI is InChI=1S/C11H14FNO2/c1-7(13(2)3)9-6-8(11(14)15)4-5-10(9)12/h4-7H,1-3H3,(H,14,15). The minimum Gasteiger partial charge on any atom is -0.478 e. The summed E-state index contributed by atoms with van der Waals surface area (Å²) in [6.45, 7) is 1.82. The molecule has 15 heavy (non-hydrogen) atoms. The first-order chi connectivity index (χ1) is 6.93. The van der Waals surface area contributed by atoms with Crippen molar-refractivity contribution in [2.24, 2.45) is 0 Å². The Balaban J connectivity index is 3.16. The normalized spacial score (nSPS) is 12.9. The summed E-state index contributed by atoms with van der Waals surface area (Å²) in [6, 6.07) is 3.69. The van der Waals surface area contributed by atoms with Crippen molar-refractivity contribution in [3.05, 3.63) is 35.1 Å². The third kappa shape index (κ3) is 2.53. The quantitative estimate of drug-likeness (QED) is 0.832. The summed E-state index contributed by atoms with van der Waals surface area (Å²) >= 11 is 0. The molecule has 82 valence electrons. The van der Waals surface area contributed by atoms with Crippen molar-refractivity contribution in [1.82, 2.24) is 4.90 Å². The second-order valence-electron chi connectivity index (χ2n) is 3.68. The van der Waals surface area contributed by atoms with Crippen molar-refractivity contribution in [3.63, 3.8) is 0 Å². The molecular weight excluding hydrogens is 197 g/mol. The van der Waals surface area contributed by atoms with Gasteiger partial charge in [-0.05, 0) is 39.2 Å². The molecule has 0 spiro atoms. The number of hydrogen-bond donors (Lipinski definition) is 1. The van der Waals surface area contributed by atoms with Crippen molar-refractivity contribution < 1.29 is 14.3 Å². The molecule has 0 saturated carbocycles. The summed E-state index contributed by atoms with van der Waals surface area (Å²) in [6.07, 6.45) is 0. The first-order valence-electron chi connectivity index (χ1n) is 4.62. The Hall–Kier alpha value is -1.42. The fraction of sp³-hybridized carbons (Fsp3) is 0.364. The number of halogens is 1. The predicted octanol–water partition coefficient (Wildman–Crippen LogP) is 2.15. The topological polar surface area (TPSA) is 40.5 Å². The summed E-state index contributed by atoms with van der Waals surface area (Å²) in [5.74, 6) is -1.41. The first-order valence-corrected chi connectivity index (χ1v) is 4.62. The maximum Gasteiger partial charge on any atom is 0.335 e. The molecule has 4 heteroatoms. The van der Waals surface area contributed by atoms with Crippen LogP contribution in [-0.4, -0.2) is 30.1 Å². The van der Waals surface area contributed by atoms with Crippen molar-refractivity contribution in [3.8, 4) is 0 Å². The number of nitrogens with zero attached hydrogens (tertiary/aromatic N) is 1. The molecule has 0 saturated heterocycles. The monoisotopic (exact) mass is 211 g/mol. The fourth-order valence-electron chi connectivity index (χ4n) is 1.28. The zero-order valence-corrected chi connectivity index (χ0v) is 8.99. The number of carboxylic acids is 1. The molecule has 1 aromatic rings. The summed E-state index contributed by atoms with van der Waals surface area (Å²) < 4.78 is 13.4. The van der Waals surface area contributed by atoms with E-state index in [4.69, 9.17) is 5.11 Å². The minimum atomic E-state index is -1.04. The van der Waals surface area contributed by atoms with Crippen molar-refractivity contribution in [2.45, 2.75) is 13.0 Å². The molecule has 1 aromatic carbocycles. The molecule has 0 aromatic heterocycles. The Morgan fingerprint density at radius 2 is 2.07 bits per heavy atom. The van der Waals surface area contributed by atoms with Crippen LogP contribution in [0.25, 0.3) is 0 Å². The van der Waals surface area contributed by atoms with Crippen molar-refractivity contribution in [2.75, 3.05) is 14.1 Å². The van der Waals surface area contributed by atoms with Crippen molar-refractivity contribution >= 4 is 5.97 Å². The van der Waals surface area contributed by atoms with Gasteiger partial charge in [-0.3, -0.25) is 0 Å². The lowest BCUT2D eigenvalue weighted by Gasteiger charge is -2.20. The lowest BCUT2D eigenvalue weighted by Crippen LogP contribution is -2.18. The van der Waals surface area contributed by atoms with Crippen LogP contribution in [0.15, 0.2) is 18.2 Å². The van der Waals surface area contributed by atoms with Crippen LogP contribution in [0.1, 0.15) is 28.9 Å². The smallest absolute Gasteiger partial charge is 0.335 e. The molecule has 3 nitrogen and oxygen atoms in total. The van der Waals surface area contributed by atoms with E-state index in [1.54, 1.807) is 0 Å². The molecule has 0 amide bonds. The molecule has 0 aliphatic carbocycles. The number of carbonyl (C=O) groups is 1. The van der Waals surface area contributed by atoms with Crippen LogP contribution in [-0.2, 0) is 0 Å². The van der Waals surface area contributed by atoms with E-state index in [0.29, 0.717) is 5.56 Å². The number of rotatable bonds is 3. The largest absolute Gasteiger partial charge is 0.478 e. The maximum atomic E-state index is 13.4. The average Bonchev–Trinajstić information content (AvgIpc) is 2.16. The molecule has 0 bridgehead atoms. The second-order valence-corrected chi connectivity index (χ2v) is 3.68. The maximum absolute atomic E-state index is 13.4. The summed E-state index contributed by atoms with van der Waals surface area (Å²) in [7, 11) is 3.63. The van der Waals surface area contributed by atoms with Gasteiger partial charge >= 0.3 is 5.97 Å². The van der Waals surface area contributed by atoms with Crippen molar-refractivity contribution in [1.29, 1.82) is 0 Å². The van der Waals surface area contributed by atoms with Gasteiger partial charge in [0.1, 0.15) is 5.82 Å². The fourth-order valence-corrected chi connectivity index (χ4v) is 1.28. The molecule has 0 aliphatic heterocycles. The number of hydrogen-bond acceptors (Lipinski definition) is 2. The van der Waals surface area contributed by atoms with Crippen LogP contribution in [0.2, 0.25) is 0 Å². The molecule has 0 heterocycles. The van der Waals surface area contributed by atoms with E-state index >= 15 is 0 Å². The Bertz CT molecular complexity index is 377. The third-order valence-corrected chi connectivity index (χ3v) is 2.47. The Kier molecular flexibility index (Phi) is 3.42. The molecule has 0 fully saturated rings. The van der Waals surface area contributed by atoms with Crippen LogP contribution < -0.4 is 0 Å². The lowest BCUT2D eigenvalue weighted by atomic mass is 10.0.